The zero-order chi connectivity index (χ0) is 11.6. The largest absolute Gasteiger partial charge is 0.366 e. The minimum absolute atomic E-state index is 0.687. The molecule has 0 saturated carbocycles. The van der Waals surface area contributed by atoms with Gasteiger partial charge < -0.3 is 16.0 Å². The van der Waals surface area contributed by atoms with Gasteiger partial charge in [0.05, 0.1) is 0 Å². The predicted molar refractivity (Wildman–Crippen MR) is 70.5 cm³/mol. The molecule has 3 N–H and O–H groups in total. The number of hydrogen-bond donors (Lipinski definition) is 3. The van der Waals surface area contributed by atoms with Gasteiger partial charge in [0.15, 0.2) is 5.11 Å². The van der Waals surface area contributed by atoms with E-state index in [4.69, 9.17) is 12.2 Å². The van der Waals surface area contributed by atoms with Gasteiger partial charge in [-0.1, -0.05) is 6.07 Å². The summed E-state index contributed by atoms with van der Waals surface area (Å²) in [5.74, 6) is 0. The van der Waals surface area contributed by atoms with E-state index in [-0.39, 0.29) is 0 Å². The SMILES string of the molecule is CNC(=S)NCCNCCc1ccccn1. The molecule has 1 heterocycles. The Hall–Kier alpha value is -1.20. The third kappa shape index (κ3) is 5.63. The molecule has 0 unspecified atom stereocenters. The summed E-state index contributed by atoms with van der Waals surface area (Å²) in [6, 6.07) is 5.98. The van der Waals surface area contributed by atoms with E-state index in [1.165, 1.54) is 0 Å². The van der Waals surface area contributed by atoms with Crippen molar-refractivity contribution in [2.45, 2.75) is 6.42 Å². The number of thiocarbonyl (C=S) groups is 1. The number of nitrogens with one attached hydrogen (secondary N) is 3. The fourth-order valence-corrected chi connectivity index (χ4v) is 1.34. The number of aromatic nitrogens is 1. The zero-order valence-corrected chi connectivity index (χ0v) is 10.3. The van der Waals surface area contributed by atoms with Gasteiger partial charge in [0.2, 0.25) is 0 Å². The minimum atomic E-state index is 0.687. The van der Waals surface area contributed by atoms with Crippen LogP contribution in [-0.2, 0) is 6.42 Å². The molecule has 1 aromatic rings. The van der Waals surface area contributed by atoms with E-state index in [2.05, 4.69) is 20.9 Å². The first-order valence-corrected chi connectivity index (χ1v) is 5.80. The zero-order valence-electron chi connectivity index (χ0n) is 9.49. The molecule has 4 nitrogen and oxygen atoms in total. The van der Waals surface area contributed by atoms with E-state index in [1.54, 1.807) is 0 Å². The summed E-state index contributed by atoms with van der Waals surface area (Å²) in [7, 11) is 1.81. The molecule has 16 heavy (non-hydrogen) atoms. The van der Waals surface area contributed by atoms with Crippen molar-refractivity contribution in [3.05, 3.63) is 30.1 Å². The molecular weight excluding hydrogens is 220 g/mol. The van der Waals surface area contributed by atoms with Crippen molar-refractivity contribution in [2.75, 3.05) is 26.7 Å². The molecule has 0 aromatic carbocycles. The Morgan fingerprint density at radius 1 is 1.31 bits per heavy atom. The second-order valence-corrected chi connectivity index (χ2v) is 3.74. The Kier molecular flexibility index (Phi) is 6.44. The Balaban J connectivity index is 1.98. The van der Waals surface area contributed by atoms with Crippen LogP contribution in [0.3, 0.4) is 0 Å². The molecule has 0 fully saturated rings. The van der Waals surface area contributed by atoms with Crippen LogP contribution < -0.4 is 16.0 Å². The molecule has 1 rings (SSSR count). The van der Waals surface area contributed by atoms with Crippen molar-refractivity contribution in [2.24, 2.45) is 0 Å². The molecule has 0 saturated heterocycles. The summed E-state index contributed by atoms with van der Waals surface area (Å²) in [5.41, 5.74) is 1.12. The van der Waals surface area contributed by atoms with E-state index < -0.39 is 0 Å². The van der Waals surface area contributed by atoms with Crippen molar-refractivity contribution in [1.29, 1.82) is 0 Å². The van der Waals surface area contributed by atoms with E-state index in [0.29, 0.717) is 5.11 Å². The maximum Gasteiger partial charge on any atom is 0.166 e. The highest BCUT2D eigenvalue weighted by Gasteiger charge is 1.93. The maximum atomic E-state index is 4.95. The van der Waals surface area contributed by atoms with Gasteiger partial charge >= 0.3 is 0 Å². The highest BCUT2D eigenvalue weighted by atomic mass is 32.1. The molecule has 1 aromatic heterocycles. The summed E-state index contributed by atoms with van der Waals surface area (Å²) < 4.78 is 0. The average Bonchev–Trinajstić information content (AvgIpc) is 2.34. The third-order valence-electron chi connectivity index (χ3n) is 2.10. The molecule has 5 heteroatoms. The minimum Gasteiger partial charge on any atom is -0.366 e. The van der Waals surface area contributed by atoms with E-state index >= 15 is 0 Å². The van der Waals surface area contributed by atoms with Crippen LogP contribution in [0.5, 0.6) is 0 Å². The van der Waals surface area contributed by atoms with Gasteiger partial charge in [-0.3, -0.25) is 4.98 Å². The van der Waals surface area contributed by atoms with Gasteiger partial charge in [-0.2, -0.15) is 0 Å². The standard InChI is InChI=1S/C11H18N4S/c1-12-11(16)15-9-8-13-7-5-10-4-2-3-6-14-10/h2-4,6,13H,5,7-9H2,1H3,(H2,12,15,16). The van der Waals surface area contributed by atoms with Crippen molar-refractivity contribution in [3.63, 3.8) is 0 Å². The number of rotatable bonds is 6. The van der Waals surface area contributed by atoms with Crippen LogP contribution >= 0.6 is 12.2 Å². The quantitative estimate of drug-likeness (QED) is 0.492. The fourth-order valence-electron chi connectivity index (χ4n) is 1.24. The van der Waals surface area contributed by atoms with Gasteiger partial charge in [0, 0.05) is 45.0 Å². The van der Waals surface area contributed by atoms with Crippen molar-refractivity contribution in [1.82, 2.24) is 20.9 Å². The monoisotopic (exact) mass is 238 g/mol. The average molecular weight is 238 g/mol. The van der Waals surface area contributed by atoms with Crippen LogP contribution in [0.1, 0.15) is 5.69 Å². The van der Waals surface area contributed by atoms with Crippen LogP contribution in [0, 0.1) is 0 Å². The van der Waals surface area contributed by atoms with Gasteiger partial charge in [-0.05, 0) is 24.4 Å². The summed E-state index contributed by atoms with van der Waals surface area (Å²) in [6.45, 7) is 2.67. The predicted octanol–water partition coefficient (Wildman–Crippen LogP) is 0.308. The Bertz CT molecular complexity index is 302. The number of pyridine rings is 1. The number of nitrogens with zero attached hydrogens (tertiary/aromatic N) is 1. The van der Waals surface area contributed by atoms with Gasteiger partial charge in [-0.25, -0.2) is 0 Å². The van der Waals surface area contributed by atoms with E-state index in [1.807, 2.05) is 31.4 Å². The lowest BCUT2D eigenvalue weighted by atomic mass is 10.3. The third-order valence-corrected chi connectivity index (χ3v) is 2.45. The maximum absolute atomic E-state index is 4.95. The second kappa shape index (κ2) is 8.01. The first kappa shape index (κ1) is 12.9. The molecule has 0 radical (unpaired) electrons. The lowest BCUT2D eigenvalue weighted by molar-refractivity contribution is 0.662. The summed E-state index contributed by atoms with van der Waals surface area (Å²) >= 11 is 4.95. The molecule has 0 aliphatic carbocycles. The fraction of sp³-hybridized carbons (Fsp3) is 0.455. The lowest BCUT2D eigenvalue weighted by Crippen LogP contribution is -2.37. The molecule has 0 spiro atoms. The van der Waals surface area contributed by atoms with Crippen LogP contribution in [0.15, 0.2) is 24.4 Å². The van der Waals surface area contributed by atoms with Crippen molar-refractivity contribution >= 4 is 17.3 Å². The molecular formula is C11H18N4S. The van der Waals surface area contributed by atoms with Crippen LogP contribution in [0.4, 0.5) is 0 Å². The highest BCUT2D eigenvalue weighted by Crippen LogP contribution is 1.92. The molecule has 0 atom stereocenters. The van der Waals surface area contributed by atoms with Crippen LogP contribution in [0.25, 0.3) is 0 Å². The van der Waals surface area contributed by atoms with Crippen molar-refractivity contribution in [3.8, 4) is 0 Å². The number of hydrogen-bond acceptors (Lipinski definition) is 3. The lowest BCUT2D eigenvalue weighted by Gasteiger charge is -2.07. The Morgan fingerprint density at radius 3 is 2.88 bits per heavy atom. The molecule has 0 bridgehead atoms. The Morgan fingerprint density at radius 2 is 2.19 bits per heavy atom. The van der Waals surface area contributed by atoms with Gasteiger partial charge in [0.25, 0.3) is 0 Å². The van der Waals surface area contributed by atoms with E-state index in [9.17, 15) is 0 Å². The van der Waals surface area contributed by atoms with Crippen LogP contribution in [-0.4, -0.2) is 36.8 Å². The summed E-state index contributed by atoms with van der Waals surface area (Å²) in [5, 5.41) is 9.95. The molecule has 0 aliphatic heterocycles. The second-order valence-electron chi connectivity index (χ2n) is 3.33. The normalized spacial score (nSPS) is 9.81. The smallest absolute Gasteiger partial charge is 0.166 e. The first-order valence-electron chi connectivity index (χ1n) is 5.39. The molecule has 88 valence electrons. The summed E-state index contributed by atoms with van der Waals surface area (Å²) in [4.78, 5) is 4.25. The van der Waals surface area contributed by atoms with Crippen molar-refractivity contribution < 1.29 is 0 Å². The molecule has 0 amide bonds. The van der Waals surface area contributed by atoms with Crippen LogP contribution in [0.2, 0.25) is 0 Å². The van der Waals surface area contributed by atoms with Gasteiger partial charge in [0.1, 0.15) is 0 Å². The van der Waals surface area contributed by atoms with Gasteiger partial charge in [-0.15, -0.1) is 0 Å². The summed E-state index contributed by atoms with van der Waals surface area (Å²) in [6.07, 6.45) is 2.78. The molecule has 0 aliphatic rings. The van der Waals surface area contributed by atoms with E-state index in [0.717, 1.165) is 31.7 Å². The topological polar surface area (TPSA) is 49.0 Å². The highest BCUT2D eigenvalue weighted by molar-refractivity contribution is 7.80. The first-order chi connectivity index (χ1) is 7.83. The Labute approximate surface area is 102 Å².